The maximum Gasteiger partial charge on any atom is 0.191 e. The number of hydrogen-bond donors (Lipinski definition) is 2. The normalized spacial score (nSPS) is 16.4. The molecule has 1 aliphatic heterocycles. The highest BCUT2D eigenvalue weighted by Crippen LogP contribution is 2.16. The van der Waals surface area contributed by atoms with Gasteiger partial charge >= 0.3 is 0 Å². The highest BCUT2D eigenvalue weighted by atomic mass is 35.5. The Hall–Kier alpha value is -2.08. The van der Waals surface area contributed by atoms with Crippen molar-refractivity contribution in [3.63, 3.8) is 0 Å². The fraction of sp³-hybridized carbons (Fsp3) is 0.435. The van der Waals surface area contributed by atoms with Crippen molar-refractivity contribution in [2.24, 2.45) is 4.99 Å². The van der Waals surface area contributed by atoms with Crippen LogP contribution in [-0.2, 0) is 22.6 Å². The topological polar surface area (TPSA) is 54.9 Å². The second-order valence-electron chi connectivity index (χ2n) is 7.29. The maximum absolute atomic E-state index is 6.03. The predicted octanol–water partition coefficient (Wildman–Crippen LogP) is 4.46. The summed E-state index contributed by atoms with van der Waals surface area (Å²) >= 11 is 5.98. The zero-order valence-corrected chi connectivity index (χ0v) is 17.9. The van der Waals surface area contributed by atoms with Gasteiger partial charge in [-0.3, -0.25) is 4.99 Å². The second-order valence-corrected chi connectivity index (χ2v) is 7.72. The fourth-order valence-electron chi connectivity index (χ4n) is 3.31. The molecule has 1 fully saturated rings. The van der Waals surface area contributed by atoms with E-state index in [0.29, 0.717) is 19.3 Å². The molecule has 156 valence electrons. The van der Waals surface area contributed by atoms with E-state index in [0.717, 1.165) is 42.6 Å². The Morgan fingerprint density at radius 1 is 1.17 bits per heavy atom. The van der Waals surface area contributed by atoms with Crippen LogP contribution in [0.3, 0.4) is 0 Å². The minimum Gasteiger partial charge on any atom is -0.381 e. The zero-order valence-electron chi connectivity index (χ0n) is 17.2. The first kappa shape index (κ1) is 21.6. The Morgan fingerprint density at radius 3 is 2.62 bits per heavy atom. The van der Waals surface area contributed by atoms with Gasteiger partial charge < -0.3 is 20.1 Å². The van der Waals surface area contributed by atoms with Crippen LogP contribution < -0.4 is 10.6 Å². The molecule has 0 radical (unpaired) electrons. The molecule has 5 nitrogen and oxygen atoms in total. The third-order valence-corrected chi connectivity index (χ3v) is 5.30. The molecule has 0 aromatic heterocycles. The summed E-state index contributed by atoms with van der Waals surface area (Å²) in [5.41, 5.74) is 3.54. The van der Waals surface area contributed by atoms with Gasteiger partial charge in [0.1, 0.15) is 0 Å². The molecule has 0 amide bonds. The van der Waals surface area contributed by atoms with Crippen LogP contribution in [-0.4, -0.2) is 32.3 Å². The van der Waals surface area contributed by atoms with Gasteiger partial charge in [0.2, 0.25) is 0 Å². The summed E-state index contributed by atoms with van der Waals surface area (Å²) in [5.74, 6) is 0.760. The highest BCUT2D eigenvalue weighted by molar-refractivity contribution is 6.30. The van der Waals surface area contributed by atoms with E-state index in [-0.39, 0.29) is 6.04 Å². The van der Waals surface area contributed by atoms with Gasteiger partial charge in [0.05, 0.1) is 18.8 Å². The lowest BCUT2D eigenvalue weighted by Crippen LogP contribution is -2.38. The number of nitrogens with one attached hydrogen (secondary N) is 2. The molecule has 1 atom stereocenters. The Morgan fingerprint density at radius 2 is 1.90 bits per heavy atom. The van der Waals surface area contributed by atoms with E-state index in [9.17, 15) is 0 Å². The maximum atomic E-state index is 6.03. The van der Waals surface area contributed by atoms with E-state index in [2.05, 4.69) is 46.8 Å². The number of aliphatic imine (C=N–C) groups is 1. The lowest BCUT2D eigenvalue weighted by molar-refractivity contribution is -0.0390. The van der Waals surface area contributed by atoms with Crippen LogP contribution in [0.4, 0.5) is 0 Å². The summed E-state index contributed by atoms with van der Waals surface area (Å²) in [6.07, 6.45) is 2.27. The van der Waals surface area contributed by atoms with Gasteiger partial charge in [-0.1, -0.05) is 48.0 Å². The summed E-state index contributed by atoms with van der Waals surface area (Å²) in [5, 5.41) is 7.54. The summed E-state index contributed by atoms with van der Waals surface area (Å²) < 4.78 is 11.4. The summed E-state index contributed by atoms with van der Waals surface area (Å²) in [4.78, 5) is 4.34. The zero-order chi connectivity index (χ0) is 20.5. The van der Waals surface area contributed by atoms with E-state index in [4.69, 9.17) is 21.1 Å². The van der Waals surface area contributed by atoms with Gasteiger partial charge in [0, 0.05) is 31.8 Å². The fourth-order valence-corrected chi connectivity index (χ4v) is 3.43. The standard InChI is InChI=1S/C23H30ClN3O2/c1-17(20-6-8-21(24)9-7-20)27-23(25-2)26-15-18-4-3-5-19(14-18)16-29-22-10-12-28-13-11-22/h3-9,14,17,22H,10-13,15-16H2,1-2H3,(H2,25,26,27). The number of rotatable bonds is 7. The molecule has 2 N–H and O–H groups in total. The smallest absolute Gasteiger partial charge is 0.191 e. The van der Waals surface area contributed by atoms with Gasteiger partial charge in [-0.2, -0.15) is 0 Å². The highest BCUT2D eigenvalue weighted by Gasteiger charge is 2.14. The lowest BCUT2D eigenvalue weighted by atomic mass is 10.1. The van der Waals surface area contributed by atoms with Crippen molar-refractivity contribution in [1.82, 2.24) is 10.6 Å². The molecule has 6 heteroatoms. The largest absolute Gasteiger partial charge is 0.381 e. The van der Waals surface area contributed by atoms with Crippen molar-refractivity contribution in [1.29, 1.82) is 0 Å². The van der Waals surface area contributed by atoms with Crippen molar-refractivity contribution in [3.05, 3.63) is 70.2 Å². The molecule has 3 rings (SSSR count). The molecular formula is C23H30ClN3O2. The molecule has 0 saturated carbocycles. The summed E-state index contributed by atoms with van der Waals surface area (Å²) in [7, 11) is 1.78. The summed E-state index contributed by atoms with van der Waals surface area (Å²) in [6.45, 7) is 5.03. The van der Waals surface area contributed by atoms with Crippen LogP contribution >= 0.6 is 11.6 Å². The lowest BCUT2D eigenvalue weighted by Gasteiger charge is -2.22. The first-order valence-electron chi connectivity index (χ1n) is 10.1. The van der Waals surface area contributed by atoms with Gasteiger partial charge in [0.25, 0.3) is 0 Å². The third kappa shape index (κ3) is 7.03. The van der Waals surface area contributed by atoms with Crippen LogP contribution in [0.1, 0.15) is 42.5 Å². The Bertz CT molecular complexity index is 789. The van der Waals surface area contributed by atoms with Crippen molar-refractivity contribution in [2.75, 3.05) is 20.3 Å². The van der Waals surface area contributed by atoms with Gasteiger partial charge in [-0.15, -0.1) is 0 Å². The number of ether oxygens (including phenoxy) is 2. The quantitative estimate of drug-likeness (QED) is 0.517. The number of halogens is 1. The molecule has 2 aromatic rings. The molecule has 0 aliphatic carbocycles. The van der Waals surface area contributed by atoms with E-state index < -0.39 is 0 Å². The minimum atomic E-state index is 0.123. The van der Waals surface area contributed by atoms with Crippen molar-refractivity contribution in [2.45, 2.75) is 45.1 Å². The van der Waals surface area contributed by atoms with Gasteiger partial charge in [-0.25, -0.2) is 0 Å². The van der Waals surface area contributed by atoms with Crippen molar-refractivity contribution in [3.8, 4) is 0 Å². The summed E-state index contributed by atoms with van der Waals surface area (Å²) in [6, 6.07) is 16.5. The van der Waals surface area contributed by atoms with Crippen LogP contribution in [0, 0.1) is 0 Å². The van der Waals surface area contributed by atoms with Gasteiger partial charge in [-0.05, 0) is 48.6 Å². The van der Waals surface area contributed by atoms with E-state index in [1.54, 1.807) is 7.05 Å². The monoisotopic (exact) mass is 415 g/mol. The number of nitrogens with zero attached hydrogens (tertiary/aromatic N) is 1. The average Bonchev–Trinajstić information content (AvgIpc) is 2.76. The molecule has 2 aromatic carbocycles. The van der Waals surface area contributed by atoms with Crippen LogP contribution in [0.2, 0.25) is 5.02 Å². The molecule has 0 spiro atoms. The average molecular weight is 416 g/mol. The Labute approximate surface area is 178 Å². The number of hydrogen-bond acceptors (Lipinski definition) is 3. The molecule has 29 heavy (non-hydrogen) atoms. The van der Waals surface area contributed by atoms with Crippen molar-refractivity contribution < 1.29 is 9.47 Å². The molecular weight excluding hydrogens is 386 g/mol. The SMILES string of the molecule is CN=C(NCc1cccc(COC2CCOCC2)c1)NC(C)c1ccc(Cl)cc1. The second kappa shape index (κ2) is 11.2. The van der Waals surface area contributed by atoms with Crippen LogP contribution in [0.5, 0.6) is 0 Å². The predicted molar refractivity (Wildman–Crippen MR) is 118 cm³/mol. The van der Waals surface area contributed by atoms with E-state index >= 15 is 0 Å². The molecule has 1 saturated heterocycles. The van der Waals surface area contributed by atoms with Gasteiger partial charge in [0.15, 0.2) is 5.96 Å². The Balaban J connectivity index is 1.49. The first-order chi connectivity index (χ1) is 14.1. The number of benzene rings is 2. The number of guanidine groups is 1. The minimum absolute atomic E-state index is 0.123. The third-order valence-electron chi connectivity index (χ3n) is 5.05. The van der Waals surface area contributed by atoms with Crippen LogP contribution in [0.25, 0.3) is 0 Å². The van der Waals surface area contributed by atoms with Crippen molar-refractivity contribution >= 4 is 17.6 Å². The Kier molecular flexibility index (Phi) is 8.35. The molecule has 1 heterocycles. The molecule has 1 aliphatic rings. The van der Waals surface area contributed by atoms with E-state index in [1.165, 1.54) is 11.1 Å². The molecule has 0 bridgehead atoms. The van der Waals surface area contributed by atoms with Crippen LogP contribution in [0.15, 0.2) is 53.5 Å². The molecule has 1 unspecified atom stereocenters. The van der Waals surface area contributed by atoms with E-state index in [1.807, 2.05) is 24.3 Å². The first-order valence-corrected chi connectivity index (χ1v) is 10.5.